The molecular formula is C18H14N4O5. The Morgan fingerprint density at radius 3 is 2.52 bits per heavy atom. The zero-order valence-electron chi connectivity index (χ0n) is 14.2. The first kappa shape index (κ1) is 17.9. The molecule has 2 heterocycles. The van der Waals surface area contributed by atoms with E-state index < -0.39 is 16.7 Å². The van der Waals surface area contributed by atoms with E-state index in [-0.39, 0.29) is 29.2 Å². The number of benzene rings is 1. The van der Waals surface area contributed by atoms with Crippen molar-refractivity contribution in [1.82, 2.24) is 14.8 Å². The molecule has 27 heavy (non-hydrogen) atoms. The first-order valence-electron chi connectivity index (χ1n) is 7.98. The molecule has 0 aliphatic rings. The summed E-state index contributed by atoms with van der Waals surface area (Å²) < 4.78 is 6.28. The molecule has 0 N–H and O–H groups in total. The molecule has 0 radical (unpaired) electrons. The Morgan fingerprint density at radius 1 is 1.19 bits per heavy atom. The van der Waals surface area contributed by atoms with E-state index >= 15 is 0 Å². The number of non-ortho nitro benzene ring substituents is 1. The molecule has 3 aromatic rings. The molecule has 0 fully saturated rings. The predicted molar refractivity (Wildman–Crippen MR) is 93.8 cm³/mol. The lowest BCUT2D eigenvalue weighted by atomic mass is 10.1. The summed E-state index contributed by atoms with van der Waals surface area (Å²) in [5.41, 5.74) is 0.412. The van der Waals surface area contributed by atoms with Gasteiger partial charge in [0.2, 0.25) is 5.78 Å². The van der Waals surface area contributed by atoms with E-state index in [0.29, 0.717) is 5.69 Å². The van der Waals surface area contributed by atoms with Gasteiger partial charge in [-0.15, -0.1) is 0 Å². The second-order valence-corrected chi connectivity index (χ2v) is 5.37. The van der Waals surface area contributed by atoms with Crippen LogP contribution in [-0.4, -0.2) is 38.0 Å². The highest BCUT2D eigenvalue weighted by Crippen LogP contribution is 2.19. The summed E-state index contributed by atoms with van der Waals surface area (Å²) in [6.07, 6.45) is 2.85. The maximum Gasteiger partial charge on any atom is 0.359 e. The Morgan fingerprint density at radius 2 is 1.93 bits per heavy atom. The Hall–Kier alpha value is -3.88. The molecule has 0 amide bonds. The summed E-state index contributed by atoms with van der Waals surface area (Å²) in [6.45, 7) is 1.77. The second-order valence-electron chi connectivity index (χ2n) is 5.37. The number of ketones is 1. The highest BCUT2D eigenvalue weighted by molar-refractivity contribution is 6.12. The van der Waals surface area contributed by atoms with E-state index in [0.717, 1.165) is 0 Å². The first-order chi connectivity index (χ1) is 13.0. The van der Waals surface area contributed by atoms with Crippen LogP contribution in [0.15, 0.2) is 54.9 Å². The van der Waals surface area contributed by atoms with Crippen LogP contribution >= 0.6 is 0 Å². The molecule has 9 heteroatoms. The number of pyridine rings is 1. The number of carbonyl (C=O) groups excluding carboxylic acids is 2. The SMILES string of the molecule is CCOC(=O)c1nn(-c2ccc([N+](=O)[O-])cc2)cc1C(=O)c1ccccn1. The van der Waals surface area contributed by atoms with Gasteiger partial charge < -0.3 is 4.74 Å². The van der Waals surface area contributed by atoms with Crippen molar-refractivity contribution in [3.63, 3.8) is 0 Å². The molecule has 9 nitrogen and oxygen atoms in total. The number of rotatable bonds is 6. The number of esters is 1. The van der Waals surface area contributed by atoms with Gasteiger partial charge >= 0.3 is 5.97 Å². The molecule has 0 spiro atoms. The molecule has 0 bridgehead atoms. The number of nitro groups is 1. The molecule has 1 aromatic carbocycles. The Balaban J connectivity index is 2.05. The molecule has 0 unspecified atom stereocenters. The third-order valence-electron chi connectivity index (χ3n) is 3.65. The maximum absolute atomic E-state index is 12.8. The summed E-state index contributed by atoms with van der Waals surface area (Å²) >= 11 is 0. The lowest BCUT2D eigenvalue weighted by molar-refractivity contribution is -0.384. The molecule has 3 rings (SSSR count). The zero-order valence-corrected chi connectivity index (χ0v) is 14.2. The number of carbonyl (C=O) groups is 2. The van der Waals surface area contributed by atoms with Crippen LogP contribution in [0.5, 0.6) is 0 Å². The highest BCUT2D eigenvalue weighted by Gasteiger charge is 2.25. The highest BCUT2D eigenvalue weighted by atomic mass is 16.6. The minimum atomic E-state index is -0.738. The minimum absolute atomic E-state index is 0.0329. The van der Waals surface area contributed by atoms with Gasteiger partial charge in [0.1, 0.15) is 5.69 Å². The van der Waals surface area contributed by atoms with Gasteiger partial charge in [0.25, 0.3) is 5.69 Å². The summed E-state index contributed by atoms with van der Waals surface area (Å²) in [5, 5.41) is 14.9. The normalized spacial score (nSPS) is 10.4. The molecule has 2 aromatic heterocycles. The lowest BCUT2D eigenvalue weighted by Crippen LogP contribution is -2.12. The van der Waals surface area contributed by atoms with Crippen LogP contribution in [0.1, 0.15) is 33.5 Å². The average Bonchev–Trinajstić information content (AvgIpc) is 3.14. The van der Waals surface area contributed by atoms with Crippen LogP contribution in [-0.2, 0) is 4.74 Å². The van der Waals surface area contributed by atoms with Gasteiger partial charge in [-0.3, -0.25) is 19.9 Å². The van der Waals surface area contributed by atoms with Crippen LogP contribution in [0.4, 0.5) is 5.69 Å². The van der Waals surface area contributed by atoms with Crippen molar-refractivity contribution in [1.29, 1.82) is 0 Å². The topological polar surface area (TPSA) is 117 Å². The summed E-state index contributed by atoms with van der Waals surface area (Å²) in [5.74, 6) is -1.22. The minimum Gasteiger partial charge on any atom is -0.461 e. The smallest absolute Gasteiger partial charge is 0.359 e. The van der Waals surface area contributed by atoms with Crippen LogP contribution in [0.25, 0.3) is 5.69 Å². The maximum atomic E-state index is 12.8. The third-order valence-corrected chi connectivity index (χ3v) is 3.65. The monoisotopic (exact) mass is 366 g/mol. The quantitative estimate of drug-likeness (QED) is 0.285. The second kappa shape index (κ2) is 7.56. The number of hydrogen-bond acceptors (Lipinski definition) is 7. The Labute approximate surface area is 153 Å². The largest absolute Gasteiger partial charge is 0.461 e. The standard InChI is InChI=1S/C18H14N4O5/c1-2-27-18(24)16-14(17(23)15-5-3-4-10-19-15)11-21(20-16)12-6-8-13(9-7-12)22(25)26/h3-11H,2H2,1H3. The Kier molecular flexibility index (Phi) is 5.02. The molecule has 136 valence electrons. The third kappa shape index (κ3) is 3.71. The lowest BCUT2D eigenvalue weighted by Gasteiger charge is -2.01. The zero-order chi connectivity index (χ0) is 19.4. The van der Waals surface area contributed by atoms with E-state index in [2.05, 4.69) is 10.1 Å². The summed E-state index contributed by atoms with van der Waals surface area (Å²) in [6, 6.07) is 10.4. The average molecular weight is 366 g/mol. The van der Waals surface area contributed by atoms with E-state index in [9.17, 15) is 19.7 Å². The van der Waals surface area contributed by atoms with Crippen molar-refractivity contribution in [3.8, 4) is 5.69 Å². The van der Waals surface area contributed by atoms with E-state index in [1.54, 1.807) is 19.1 Å². The number of nitrogens with zero attached hydrogens (tertiary/aromatic N) is 4. The van der Waals surface area contributed by atoms with Gasteiger partial charge in [-0.1, -0.05) is 6.07 Å². The van der Waals surface area contributed by atoms with Gasteiger partial charge in [0.05, 0.1) is 22.8 Å². The molecule has 0 aliphatic heterocycles. The number of nitro benzene ring substituents is 1. The van der Waals surface area contributed by atoms with Gasteiger partial charge in [-0.05, 0) is 31.2 Å². The van der Waals surface area contributed by atoms with Crippen molar-refractivity contribution in [3.05, 3.63) is 81.9 Å². The van der Waals surface area contributed by atoms with Crippen molar-refractivity contribution < 1.29 is 19.2 Å². The molecule has 0 atom stereocenters. The van der Waals surface area contributed by atoms with Crippen LogP contribution in [0.3, 0.4) is 0 Å². The summed E-state index contributed by atoms with van der Waals surface area (Å²) in [4.78, 5) is 39.2. The van der Waals surface area contributed by atoms with Gasteiger partial charge in [0, 0.05) is 24.5 Å². The van der Waals surface area contributed by atoms with E-state index in [4.69, 9.17) is 4.74 Å². The fraction of sp³-hybridized carbons (Fsp3) is 0.111. The number of ether oxygens (including phenoxy) is 1. The van der Waals surface area contributed by atoms with Crippen LogP contribution in [0.2, 0.25) is 0 Å². The first-order valence-corrected chi connectivity index (χ1v) is 7.98. The number of hydrogen-bond donors (Lipinski definition) is 0. The molecule has 0 saturated carbocycles. The van der Waals surface area contributed by atoms with Crippen molar-refractivity contribution >= 4 is 17.4 Å². The van der Waals surface area contributed by atoms with Gasteiger partial charge in [-0.25, -0.2) is 9.48 Å². The molecular weight excluding hydrogens is 352 g/mol. The van der Waals surface area contributed by atoms with Crippen LogP contribution in [0, 0.1) is 10.1 Å². The Bertz CT molecular complexity index is 996. The predicted octanol–water partition coefficient (Wildman–Crippen LogP) is 2.58. The molecule has 0 aliphatic carbocycles. The fourth-order valence-electron chi connectivity index (χ4n) is 2.38. The summed E-state index contributed by atoms with van der Waals surface area (Å²) in [7, 11) is 0. The van der Waals surface area contributed by atoms with Crippen molar-refractivity contribution in [2.45, 2.75) is 6.92 Å². The fourth-order valence-corrected chi connectivity index (χ4v) is 2.38. The van der Waals surface area contributed by atoms with Crippen molar-refractivity contribution in [2.24, 2.45) is 0 Å². The molecule has 0 saturated heterocycles. The van der Waals surface area contributed by atoms with Crippen LogP contribution < -0.4 is 0 Å². The van der Waals surface area contributed by atoms with E-state index in [1.807, 2.05) is 0 Å². The van der Waals surface area contributed by atoms with Gasteiger partial charge in [0.15, 0.2) is 5.69 Å². The van der Waals surface area contributed by atoms with Gasteiger partial charge in [-0.2, -0.15) is 5.10 Å². The van der Waals surface area contributed by atoms with E-state index in [1.165, 1.54) is 47.4 Å². The van der Waals surface area contributed by atoms with Crippen molar-refractivity contribution in [2.75, 3.05) is 6.61 Å². The number of aromatic nitrogens is 3.